The van der Waals surface area contributed by atoms with E-state index in [-0.39, 0.29) is 23.9 Å². The van der Waals surface area contributed by atoms with Gasteiger partial charge in [-0.1, -0.05) is 17.7 Å². The zero-order valence-corrected chi connectivity index (χ0v) is 15.3. The first-order valence-corrected chi connectivity index (χ1v) is 8.15. The van der Waals surface area contributed by atoms with Crippen molar-refractivity contribution >= 4 is 23.5 Å². The maximum Gasteiger partial charge on any atom is 0.335 e. The third-order valence-corrected chi connectivity index (χ3v) is 4.05. The van der Waals surface area contributed by atoms with Gasteiger partial charge in [0.1, 0.15) is 0 Å². The molecule has 6 nitrogen and oxygen atoms in total. The van der Waals surface area contributed by atoms with Crippen LogP contribution in [0.15, 0.2) is 36.4 Å². The zero-order chi connectivity index (χ0) is 19.4. The molecule has 2 aromatic rings. The number of carboxylic acid groups (broad SMARTS) is 1. The van der Waals surface area contributed by atoms with Crippen molar-refractivity contribution in [1.29, 1.82) is 0 Å². The molecule has 0 aliphatic carbocycles. The van der Waals surface area contributed by atoms with Crippen LogP contribution < -0.4 is 5.32 Å². The second kappa shape index (κ2) is 7.82. The van der Waals surface area contributed by atoms with Crippen LogP contribution in [0.5, 0.6) is 0 Å². The molecule has 2 aromatic carbocycles. The number of nitrogens with zero attached hydrogens (tertiary/aromatic N) is 1. The molecule has 0 saturated carbocycles. The lowest BCUT2D eigenvalue weighted by atomic mass is 10.1. The summed E-state index contributed by atoms with van der Waals surface area (Å²) in [5, 5.41) is 11.8. The van der Waals surface area contributed by atoms with Gasteiger partial charge in [0.25, 0.3) is 5.91 Å². The van der Waals surface area contributed by atoms with E-state index in [9.17, 15) is 14.4 Å². The molecule has 26 heavy (non-hydrogen) atoms. The summed E-state index contributed by atoms with van der Waals surface area (Å²) in [6.07, 6.45) is 0. The van der Waals surface area contributed by atoms with Crippen LogP contribution in [0.3, 0.4) is 0 Å². The molecule has 0 saturated heterocycles. The van der Waals surface area contributed by atoms with Gasteiger partial charge in [-0.15, -0.1) is 0 Å². The Kier molecular flexibility index (Phi) is 5.77. The molecule has 0 aliphatic rings. The molecule has 136 valence electrons. The van der Waals surface area contributed by atoms with Crippen LogP contribution in [0.2, 0.25) is 0 Å². The fourth-order valence-corrected chi connectivity index (χ4v) is 2.82. The predicted molar refractivity (Wildman–Crippen MR) is 99.6 cm³/mol. The van der Waals surface area contributed by atoms with Crippen LogP contribution in [0.1, 0.15) is 37.4 Å². The fourth-order valence-electron chi connectivity index (χ4n) is 2.82. The number of amides is 2. The van der Waals surface area contributed by atoms with E-state index >= 15 is 0 Å². The molecule has 0 spiro atoms. The zero-order valence-electron chi connectivity index (χ0n) is 15.3. The molecule has 0 aliphatic heterocycles. The Bertz CT molecular complexity index is 834. The summed E-state index contributed by atoms with van der Waals surface area (Å²) in [5.74, 6) is -1.70. The number of nitrogens with one attached hydrogen (secondary N) is 1. The summed E-state index contributed by atoms with van der Waals surface area (Å²) < 4.78 is 0. The number of anilines is 1. The molecule has 0 unspecified atom stereocenters. The molecule has 2 rings (SSSR count). The van der Waals surface area contributed by atoms with E-state index in [2.05, 4.69) is 5.32 Å². The molecular weight excluding hydrogens is 332 g/mol. The van der Waals surface area contributed by atoms with Gasteiger partial charge in [-0.25, -0.2) is 4.79 Å². The first kappa shape index (κ1) is 19.2. The highest BCUT2D eigenvalue weighted by molar-refractivity contribution is 6.00. The molecule has 0 radical (unpaired) electrons. The van der Waals surface area contributed by atoms with Gasteiger partial charge in [0.15, 0.2) is 0 Å². The van der Waals surface area contributed by atoms with Gasteiger partial charge in [-0.2, -0.15) is 0 Å². The normalized spacial score (nSPS) is 10.3. The molecule has 2 amide bonds. The number of rotatable bonds is 5. The van der Waals surface area contributed by atoms with Crippen LogP contribution in [-0.4, -0.2) is 41.4 Å². The van der Waals surface area contributed by atoms with E-state index in [0.717, 1.165) is 22.4 Å². The van der Waals surface area contributed by atoms with Crippen molar-refractivity contribution in [2.24, 2.45) is 0 Å². The largest absolute Gasteiger partial charge is 0.478 e. The second-order valence-electron chi connectivity index (χ2n) is 6.37. The Morgan fingerprint density at radius 2 is 1.46 bits per heavy atom. The smallest absolute Gasteiger partial charge is 0.335 e. The SMILES string of the molecule is Cc1cc(C)c(NC(=O)CN(C)C(=O)c2ccc(C(=O)O)cc2)c(C)c1. The van der Waals surface area contributed by atoms with Crippen LogP contribution in [0, 0.1) is 20.8 Å². The summed E-state index contributed by atoms with van der Waals surface area (Å²) in [7, 11) is 1.53. The number of carbonyl (C=O) groups excluding carboxylic acids is 2. The third kappa shape index (κ3) is 4.47. The van der Waals surface area contributed by atoms with Crippen molar-refractivity contribution in [1.82, 2.24) is 4.90 Å². The van der Waals surface area contributed by atoms with Crippen LogP contribution in [0.4, 0.5) is 5.69 Å². The third-order valence-electron chi connectivity index (χ3n) is 4.05. The van der Waals surface area contributed by atoms with Crippen molar-refractivity contribution < 1.29 is 19.5 Å². The molecule has 0 fully saturated rings. The summed E-state index contributed by atoms with van der Waals surface area (Å²) >= 11 is 0. The van der Waals surface area contributed by atoms with Gasteiger partial charge >= 0.3 is 5.97 Å². The number of carbonyl (C=O) groups is 3. The summed E-state index contributed by atoms with van der Waals surface area (Å²) in [6.45, 7) is 5.74. The van der Waals surface area contributed by atoms with E-state index < -0.39 is 5.97 Å². The van der Waals surface area contributed by atoms with Gasteiger partial charge in [0, 0.05) is 18.3 Å². The van der Waals surface area contributed by atoms with E-state index in [1.807, 2.05) is 32.9 Å². The van der Waals surface area contributed by atoms with Crippen LogP contribution in [0.25, 0.3) is 0 Å². The average Bonchev–Trinajstić information content (AvgIpc) is 2.57. The van der Waals surface area contributed by atoms with E-state index in [0.29, 0.717) is 5.56 Å². The topological polar surface area (TPSA) is 86.7 Å². The first-order valence-electron chi connectivity index (χ1n) is 8.15. The highest BCUT2D eigenvalue weighted by Crippen LogP contribution is 2.21. The minimum atomic E-state index is -1.06. The minimum Gasteiger partial charge on any atom is -0.478 e. The van der Waals surface area contributed by atoms with E-state index in [1.54, 1.807) is 0 Å². The first-order chi connectivity index (χ1) is 12.2. The number of benzene rings is 2. The Morgan fingerprint density at radius 3 is 1.96 bits per heavy atom. The average molecular weight is 354 g/mol. The van der Waals surface area contributed by atoms with Crippen molar-refractivity contribution in [2.45, 2.75) is 20.8 Å². The van der Waals surface area contributed by atoms with Crippen molar-refractivity contribution in [3.63, 3.8) is 0 Å². The Labute approximate surface area is 152 Å². The molecule has 0 aromatic heterocycles. The highest BCUT2D eigenvalue weighted by atomic mass is 16.4. The van der Waals surface area contributed by atoms with E-state index in [4.69, 9.17) is 5.11 Å². The Hall–Kier alpha value is -3.15. The number of carboxylic acids is 1. The van der Waals surface area contributed by atoms with Crippen LogP contribution in [-0.2, 0) is 4.79 Å². The lowest BCUT2D eigenvalue weighted by molar-refractivity contribution is -0.116. The summed E-state index contributed by atoms with van der Waals surface area (Å²) in [4.78, 5) is 36.9. The number of aromatic carboxylic acids is 1. The fraction of sp³-hybridized carbons (Fsp3) is 0.250. The van der Waals surface area contributed by atoms with E-state index in [1.165, 1.54) is 36.2 Å². The number of hydrogen-bond acceptors (Lipinski definition) is 3. The minimum absolute atomic E-state index is 0.104. The number of likely N-dealkylation sites (N-methyl/N-ethyl adjacent to an activating group) is 1. The summed E-state index contributed by atoms with van der Waals surface area (Å²) in [5.41, 5.74) is 4.24. The predicted octanol–water partition coefficient (Wildman–Crippen LogP) is 3.02. The highest BCUT2D eigenvalue weighted by Gasteiger charge is 2.16. The second-order valence-corrected chi connectivity index (χ2v) is 6.37. The van der Waals surface area contributed by atoms with Gasteiger partial charge in [-0.3, -0.25) is 9.59 Å². The van der Waals surface area contributed by atoms with Crippen molar-refractivity contribution in [3.05, 3.63) is 64.2 Å². The quantitative estimate of drug-likeness (QED) is 0.864. The van der Waals surface area contributed by atoms with Crippen molar-refractivity contribution in [2.75, 3.05) is 18.9 Å². The lowest BCUT2D eigenvalue weighted by Gasteiger charge is -2.18. The summed E-state index contributed by atoms with van der Waals surface area (Å²) in [6, 6.07) is 9.58. The maximum atomic E-state index is 12.4. The maximum absolute atomic E-state index is 12.4. The molecule has 0 heterocycles. The molecule has 6 heteroatoms. The monoisotopic (exact) mass is 354 g/mol. The van der Waals surface area contributed by atoms with Gasteiger partial charge in [-0.05, 0) is 56.2 Å². The van der Waals surface area contributed by atoms with Gasteiger partial charge in [0.05, 0.1) is 12.1 Å². The standard InChI is InChI=1S/C20H22N2O4/c1-12-9-13(2)18(14(3)10-12)21-17(23)11-22(4)19(24)15-5-7-16(8-6-15)20(25)26/h5-10H,11H2,1-4H3,(H,21,23)(H,25,26). The molecule has 0 atom stereocenters. The Morgan fingerprint density at radius 1 is 0.962 bits per heavy atom. The molecule has 0 bridgehead atoms. The van der Waals surface area contributed by atoms with Gasteiger partial charge < -0.3 is 15.3 Å². The van der Waals surface area contributed by atoms with Gasteiger partial charge in [0.2, 0.25) is 5.91 Å². The van der Waals surface area contributed by atoms with Crippen molar-refractivity contribution in [3.8, 4) is 0 Å². The van der Waals surface area contributed by atoms with Crippen LogP contribution >= 0.6 is 0 Å². The molecule has 2 N–H and O–H groups in total. The number of hydrogen-bond donors (Lipinski definition) is 2. The molecular formula is C20H22N2O4. The number of aryl methyl sites for hydroxylation is 3. The Balaban J connectivity index is 2.04. The lowest BCUT2D eigenvalue weighted by Crippen LogP contribution is -2.35.